The molecular formula is C14H13BrFNO. The van der Waals surface area contributed by atoms with Gasteiger partial charge in [0.1, 0.15) is 5.82 Å². The van der Waals surface area contributed by atoms with E-state index in [9.17, 15) is 9.50 Å². The van der Waals surface area contributed by atoms with Crippen LogP contribution in [0.2, 0.25) is 0 Å². The molecule has 0 aliphatic rings. The average Bonchev–Trinajstić information content (AvgIpc) is 2.34. The summed E-state index contributed by atoms with van der Waals surface area (Å²) < 4.78 is 13.5. The molecule has 18 heavy (non-hydrogen) atoms. The minimum absolute atomic E-state index is 0.300. The molecule has 0 aliphatic carbocycles. The van der Waals surface area contributed by atoms with Gasteiger partial charge in [-0.05, 0) is 52.2 Å². The maximum atomic E-state index is 13.1. The summed E-state index contributed by atoms with van der Waals surface area (Å²) >= 11 is 3.14. The third-order valence-electron chi connectivity index (χ3n) is 2.85. The van der Waals surface area contributed by atoms with Gasteiger partial charge in [-0.15, -0.1) is 0 Å². The molecule has 1 aromatic carbocycles. The van der Waals surface area contributed by atoms with E-state index >= 15 is 0 Å². The molecule has 0 saturated heterocycles. The number of benzene rings is 1. The minimum Gasteiger partial charge on any atom is -0.388 e. The van der Waals surface area contributed by atoms with Gasteiger partial charge in [-0.3, -0.25) is 4.98 Å². The fraction of sp³-hybridized carbons (Fsp3) is 0.214. The largest absolute Gasteiger partial charge is 0.388 e. The van der Waals surface area contributed by atoms with Crippen LogP contribution in [0.15, 0.2) is 41.1 Å². The minimum atomic E-state index is -0.629. The van der Waals surface area contributed by atoms with Gasteiger partial charge in [0, 0.05) is 24.4 Å². The Hall–Kier alpha value is -1.26. The van der Waals surface area contributed by atoms with Crippen LogP contribution in [0, 0.1) is 12.7 Å². The van der Waals surface area contributed by atoms with Gasteiger partial charge in [0.05, 0.1) is 10.6 Å². The molecule has 0 spiro atoms. The average molecular weight is 310 g/mol. The first-order chi connectivity index (χ1) is 8.58. The lowest BCUT2D eigenvalue weighted by Gasteiger charge is -2.13. The molecule has 1 atom stereocenters. The van der Waals surface area contributed by atoms with E-state index in [1.165, 1.54) is 6.07 Å². The summed E-state index contributed by atoms with van der Waals surface area (Å²) in [6, 6.07) is 6.61. The molecule has 4 heteroatoms. The lowest BCUT2D eigenvalue weighted by molar-refractivity contribution is 0.177. The van der Waals surface area contributed by atoms with Crippen LogP contribution in [0.25, 0.3) is 0 Å². The number of hydrogen-bond donors (Lipinski definition) is 1. The molecule has 1 unspecified atom stereocenters. The van der Waals surface area contributed by atoms with E-state index in [0.29, 0.717) is 10.9 Å². The van der Waals surface area contributed by atoms with Gasteiger partial charge in [0.25, 0.3) is 0 Å². The summed E-state index contributed by atoms with van der Waals surface area (Å²) in [7, 11) is 0. The summed E-state index contributed by atoms with van der Waals surface area (Å²) in [4.78, 5) is 4.01. The number of hydrogen-bond acceptors (Lipinski definition) is 2. The predicted molar refractivity (Wildman–Crippen MR) is 71.7 cm³/mol. The van der Waals surface area contributed by atoms with Crippen LogP contribution in [0.5, 0.6) is 0 Å². The van der Waals surface area contributed by atoms with Crippen molar-refractivity contribution in [2.24, 2.45) is 0 Å². The van der Waals surface area contributed by atoms with Gasteiger partial charge >= 0.3 is 0 Å². The van der Waals surface area contributed by atoms with Crippen molar-refractivity contribution < 1.29 is 9.50 Å². The number of halogens is 2. The summed E-state index contributed by atoms with van der Waals surface area (Å²) in [5.41, 5.74) is 2.68. The molecular weight excluding hydrogens is 297 g/mol. The Morgan fingerprint density at radius 2 is 2.17 bits per heavy atom. The van der Waals surface area contributed by atoms with Crippen LogP contribution in [0.4, 0.5) is 4.39 Å². The second-order valence-electron chi connectivity index (χ2n) is 4.20. The Kier molecular flexibility index (Phi) is 4.09. The van der Waals surface area contributed by atoms with E-state index in [1.54, 1.807) is 24.5 Å². The van der Waals surface area contributed by atoms with Crippen LogP contribution in [-0.4, -0.2) is 10.1 Å². The maximum absolute atomic E-state index is 13.1. The smallest absolute Gasteiger partial charge is 0.137 e. The molecule has 2 aromatic rings. The zero-order valence-electron chi connectivity index (χ0n) is 9.90. The highest BCUT2D eigenvalue weighted by atomic mass is 79.9. The SMILES string of the molecule is Cc1ccncc1C(O)Cc1ccc(F)c(Br)c1. The summed E-state index contributed by atoms with van der Waals surface area (Å²) in [6.45, 7) is 1.93. The van der Waals surface area contributed by atoms with Crippen molar-refractivity contribution in [2.45, 2.75) is 19.4 Å². The van der Waals surface area contributed by atoms with Crippen LogP contribution in [-0.2, 0) is 6.42 Å². The number of aliphatic hydroxyl groups excluding tert-OH is 1. The van der Waals surface area contributed by atoms with Crippen molar-refractivity contribution in [3.63, 3.8) is 0 Å². The van der Waals surface area contributed by atoms with Crippen LogP contribution < -0.4 is 0 Å². The number of aliphatic hydroxyl groups is 1. The molecule has 1 N–H and O–H groups in total. The van der Waals surface area contributed by atoms with E-state index < -0.39 is 6.10 Å². The summed E-state index contributed by atoms with van der Waals surface area (Å²) in [5, 5.41) is 10.2. The van der Waals surface area contributed by atoms with Crippen molar-refractivity contribution in [1.29, 1.82) is 0 Å². The lowest BCUT2D eigenvalue weighted by Crippen LogP contribution is -2.04. The van der Waals surface area contributed by atoms with Gasteiger partial charge in [-0.1, -0.05) is 6.07 Å². The second kappa shape index (κ2) is 5.59. The van der Waals surface area contributed by atoms with E-state index in [-0.39, 0.29) is 5.82 Å². The molecule has 0 amide bonds. The lowest BCUT2D eigenvalue weighted by atomic mass is 10.00. The number of pyridine rings is 1. The summed E-state index contributed by atoms with van der Waals surface area (Å²) in [5.74, 6) is -0.300. The van der Waals surface area contributed by atoms with Crippen molar-refractivity contribution in [2.75, 3.05) is 0 Å². The molecule has 1 heterocycles. The van der Waals surface area contributed by atoms with Crippen molar-refractivity contribution >= 4 is 15.9 Å². The molecule has 1 aromatic heterocycles. The highest BCUT2D eigenvalue weighted by Gasteiger charge is 2.12. The van der Waals surface area contributed by atoms with Gasteiger partial charge in [0.2, 0.25) is 0 Å². The van der Waals surface area contributed by atoms with Crippen LogP contribution in [0.3, 0.4) is 0 Å². The molecule has 2 nitrogen and oxygen atoms in total. The maximum Gasteiger partial charge on any atom is 0.137 e. The zero-order chi connectivity index (χ0) is 13.1. The van der Waals surface area contributed by atoms with Gasteiger partial charge in [-0.2, -0.15) is 0 Å². The number of rotatable bonds is 3. The van der Waals surface area contributed by atoms with E-state index in [4.69, 9.17) is 0 Å². The number of aryl methyl sites for hydroxylation is 1. The molecule has 94 valence electrons. The Morgan fingerprint density at radius 3 is 2.83 bits per heavy atom. The standard InChI is InChI=1S/C14H13BrFNO/c1-9-4-5-17-8-11(9)14(18)7-10-2-3-13(16)12(15)6-10/h2-6,8,14,18H,7H2,1H3. The van der Waals surface area contributed by atoms with Crippen LogP contribution >= 0.6 is 15.9 Å². The van der Waals surface area contributed by atoms with Crippen LogP contribution in [0.1, 0.15) is 22.8 Å². The Bertz CT molecular complexity index is 559. The fourth-order valence-electron chi connectivity index (χ4n) is 1.82. The third kappa shape index (κ3) is 2.94. The predicted octanol–water partition coefficient (Wildman–Crippen LogP) is 3.57. The second-order valence-corrected chi connectivity index (χ2v) is 5.05. The monoisotopic (exact) mass is 309 g/mol. The highest BCUT2D eigenvalue weighted by Crippen LogP contribution is 2.23. The quantitative estimate of drug-likeness (QED) is 0.940. The topological polar surface area (TPSA) is 33.1 Å². The van der Waals surface area contributed by atoms with Crippen molar-refractivity contribution in [3.05, 3.63) is 63.6 Å². The summed E-state index contributed by atoms with van der Waals surface area (Å²) in [6.07, 6.45) is 3.17. The molecule has 0 aliphatic heterocycles. The van der Waals surface area contributed by atoms with Gasteiger partial charge < -0.3 is 5.11 Å². The number of nitrogens with zero attached hydrogens (tertiary/aromatic N) is 1. The molecule has 0 fully saturated rings. The molecule has 2 rings (SSSR count). The first-order valence-electron chi connectivity index (χ1n) is 5.60. The van der Waals surface area contributed by atoms with Gasteiger partial charge in [0.15, 0.2) is 0 Å². The first kappa shape index (κ1) is 13.2. The Balaban J connectivity index is 2.19. The third-order valence-corrected chi connectivity index (χ3v) is 3.46. The van der Waals surface area contributed by atoms with E-state index in [1.807, 2.05) is 13.0 Å². The molecule has 0 radical (unpaired) electrons. The van der Waals surface area contributed by atoms with Crippen molar-refractivity contribution in [1.82, 2.24) is 4.98 Å². The van der Waals surface area contributed by atoms with E-state index in [2.05, 4.69) is 20.9 Å². The van der Waals surface area contributed by atoms with Crippen molar-refractivity contribution in [3.8, 4) is 0 Å². The Labute approximate surface area is 114 Å². The number of aromatic nitrogens is 1. The Morgan fingerprint density at radius 1 is 1.39 bits per heavy atom. The molecule has 0 saturated carbocycles. The highest BCUT2D eigenvalue weighted by molar-refractivity contribution is 9.10. The fourth-order valence-corrected chi connectivity index (χ4v) is 2.25. The zero-order valence-corrected chi connectivity index (χ0v) is 11.5. The van der Waals surface area contributed by atoms with E-state index in [0.717, 1.165) is 16.7 Å². The first-order valence-corrected chi connectivity index (χ1v) is 6.39. The normalized spacial score (nSPS) is 12.4. The van der Waals surface area contributed by atoms with Gasteiger partial charge in [-0.25, -0.2) is 4.39 Å². The molecule has 0 bridgehead atoms.